The van der Waals surface area contributed by atoms with Crippen LogP contribution in [0.15, 0.2) is 54.6 Å². The molecule has 2 N–H and O–H groups in total. The van der Waals surface area contributed by atoms with Gasteiger partial charge < -0.3 is 15.2 Å². The van der Waals surface area contributed by atoms with Gasteiger partial charge in [-0.3, -0.25) is 4.79 Å². The van der Waals surface area contributed by atoms with E-state index >= 15 is 0 Å². The quantitative estimate of drug-likeness (QED) is 0.827. The summed E-state index contributed by atoms with van der Waals surface area (Å²) in [5.74, 6) is 0.457. The summed E-state index contributed by atoms with van der Waals surface area (Å²) in [6.07, 6.45) is 4.72. The molecule has 4 heteroatoms. The molecule has 0 heterocycles. The number of carbonyl (C=O) groups excluding carboxylic acids is 1. The van der Waals surface area contributed by atoms with E-state index in [1.54, 1.807) is 6.92 Å². The highest BCUT2D eigenvalue weighted by atomic mass is 16.5. The minimum Gasteiger partial charge on any atom is -0.488 e. The monoisotopic (exact) mass is 339 g/mol. The van der Waals surface area contributed by atoms with E-state index in [4.69, 9.17) is 4.74 Å². The molecule has 0 spiro atoms. The van der Waals surface area contributed by atoms with Crippen LogP contribution in [0.3, 0.4) is 0 Å². The zero-order valence-corrected chi connectivity index (χ0v) is 14.6. The molecule has 0 radical (unpaired) electrons. The Morgan fingerprint density at radius 2 is 1.76 bits per heavy atom. The predicted octanol–water partition coefficient (Wildman–Crippen LogP) is 4.24. The van der Waals surface area contributed by atoms with Crippen LogP contribution in [0, 0.1) is 0 Å². The van der Waals surface area contributed by atoms with Crippen LogP contribution in [0.25, 0.3) is 0 Å². The van der Waals surface area contributed by atoms with Crippen molar-refractivity contribution < 1.29 is 14.6 Å². The third kappa shape index (κ3) is 4.60. The molecule has 132 valence electrons. The van der Waals surface area contributed by atoms with Crippen LogP contribution in [0.4, 0.5) is 5.69 Å². The van der Waals surface area contributed by atoms with E-state index in [2.05, 4.69) is 5.32 Å². The van der Waals surface area contributed by atoms with Crippen molar-refractivity contribution in [3.8, 4) is 5.75 Å². The zero-order valence-electron chi connectivity index (χ0n) is 14.6. The average Bonchev–Trinajstić information content (AvgIpc) is 3.10. The molecule has 1 aliphatic rings. The minimum absolute atomic E-state index is 0.0191. The van der Waals surface area contributed by atoms with E-state index in [1.165, 1.54) is 12.8 Å². The molecule has 1 saturated carbocycles. The van der Waals surface area contributed by atoms with Gasteiger partial charge in [-0.25, -0.2) is 0 Å². The van der Waals surface area contributed by atoms with E-state index < -0.39 is 5.60 Å². The van der Waals surface area contributed by atoms with Gasteiger partial charge in [0.2, 0.25) is 5.91 Å². The Labute approximate surface area is 148 Å². The van der Waals surface area contributed by atoms with Crippen molar-refractivity contribution in [1.29, 1.82) is 0 Å². The Morgan fingerprint density at radius 3 is 2.48 bits per heavy atom. The first-order valence-corrected chi connectivity index (χ1v) is 8.88. The van der Waals surface area contributed by atoms with Crippen molar-refractivity contribution in [3.63, 3.8) is 0 Å². The lowest BCUT2D eigenvalue weighted by molar-refractivity contribution is -0.120. The van der Waals surface area contributed by atoms with Gasteiger partial charge in [-0.05, 0) is 50.3 Å². The number of ether oxygens (including phenoxy) is 1. The van der Waals surface area contributed by atoms with Gasteiger partial charge in [0.05, 0.1) is 23.8 Å². The Kier molecular flexibility index (Phi) is 5.39. The van der Waals surface area contributed by atoms with Gasteiger partial charge in [-0.15, -0.1) is 0 Å². The molecule has 4 nitrogen and oxygen atoms in total. The Balaban J connectivity index is 1.66. The van der Waals surface area contributed by atoms with Crippen LogP contribution in [-0.2, 0) is 10.4 Å². The van der Waals surface area contributed by atoms with E-state index in [9.17, 15) is 9.90 Å². The molecule has 1 atom stereocenters. The second kappa shape index (κ2) is 7.70. The first kappa shape index (κ1) is 17.5. The molecule has 3 rings (SSSR count). The molecule has 1 amide bonds. The van der Waals surface area contributed by atoms with Crippen LogP contribution >= 0.6 is 0 Å². The van der Waals surface area contributed by atoms with Crippen molar-refractivity contribution in [1.82, 2.24) is 0 Å². The highest BCUT2D eigenvalue weighted by Crippen LogP contribution is 2.31. The van der Waals surface area contributed by atoms with Gasteiger partial charge in [0.1, 0.15) is 5.75 Å². The van der Waals surface area contributed by atoms with Crippen LogP contribution in [0.5, 0.6) is 5.75 Å². The lowest BCUT2D eigenvalue weighted by Gasteiger charge is -2.24. The molecule has 1 unspecified atom stereocenters. The number of carbonyl (C=O) groups is 1. The SMILES string of the molecule is CC(O)(CC(=O)Nc1ccccc1OC1CCCC1)c1ccccc1. The van der Waals surface area contributed by atoms with Crippen molar-refractivity contribution >= 4 is 11.6 Å². The van der Waals surface area contributed by atoms with Crippen LogP contribution in [0.1, 0.15) is 44.6 Å². The van der Waals surface area contributed by atoms with E-state index in [0.717, 1.165) is 18.4 Å². The van der Waals surface area contributed by atoms with Crippen molar-refractivity contribution in [2.75, 3.05) is 5.32 Å². The minimum atomic E-state index is -1.22. The Morgan fingerprint density at radius 1 is 1.12 bits per heavy atom. The summed E-state index contributed by atoms with van der Waals surface area (Å²) in [7, 11) is 0. The molecular weight excluding hydrogens is 314 g/mol. The molecule has 1 aliphatic carbocycles. The fraction of sp³-hybridized carbons (Fsp3) is 0.381. The number of benzene rings is 2. The number of aliphatic hydroxyl groups is 1. The summed E-state index contributed by atoms with van der Waals surface area (Å²) in [6, 6.07) is 16.7. The number of amides is 1. The lowest BCUT2D eigenvalue weighted by Crippen LogP contribution is -2.28. The summed E-state index contributed by atoms with van der Waals surface area (Å²) >= 11 is 0. The number of nitrogens with one attached hydrogen (secondary N) is 1. The van der Waals surface area contributed by atoms with Crippen LogP contribution in [-0.4, -0.2) is 17.1 Å². The largest absolute Gasteiger partial charge is 0.488 e. The second-order valence-electron chi connectivity index (χ2n) is 6.89. The highest BCUT2D eigenvalue weighted by molar-refractivity contribution is 5.92. The number of rotatable bonds is 6. The molecule has 25 heavy (non-hydrogen) atoms. The molecule has 0 aliphatic heterocycles. The van der Waals surface area contributed by atoms with E-state index in [1.807, 2.05) is 54.6 Å². The number of para-hydroxylation sites is 2. The molecule has 2 aromatic carbocycles. The molecule has 0 aromatic heterocycles. The molecule has 1 fully saturated rings. The molecule has 2 aromatic rings. The summed E-state index contributed by atoms with van der Waals surface area (Å²) in [5.41, 5.74) is 0.163. The van der Waals surface area contributed by atoms with Gasteiger partial charge in [-0.2, -0.15) is 0 Å². The van der Waals surface area contributed by atoms with Gasteiger partial charge in [0.25, 0.3) is 0 Å². The molecule has 0 saturated heterocycles. The standard InChI is InChI=1S/C21H25NO3/c1-21(24,16-9-3-2-4-10-16)15-20(23)22-18-13-7-8-14-19(18)25-17-11-5-6-12-17/h2-4,7-10,13-14,17,24H,5-6,11-12,15H2,1H3,(H,22,23). The number of hydrogen-bond donors (Lipinski definition) is 2. The summed E-state index contributed by atoms with van der Waals surface area (Å²) in [6.45, 7) is 1.66. The zero-order chi connectivity index (χ0) is 17.7. The first-order valence-electron chi connectivity index (χ1n) is 8.88. The second-order valence-corrected chi connectivity index (χ2v) is 6.89. The topological polar surface area (TPSA) is 58.6 Å². The maximum absolute atomic E-state index is 12.5. The Bertz CT molecular complexity index is 706. The van der Waals surface area contributed by atoms with Gasteiger partial charge in [-0.1, -0.05) is 42.5 Å². The summed E-state index contributed by atoms with van der Waals surface area (Å²) < 4.78 is 6.04. The van der Waals surface area contributed by atoms with Crippen molar-refractivity contribution in [2.45, 2.75) is 50.7 Å². The Hall–Kier alpha value is -2.33. The van der Waals surface area contributed by atoms with Crippen LogP contribution < -0.4 is 10.1 Å². The maximum Gasteiger partial charge on any atom is 0.227 e. The third-order valence-electron chi connectivity index (χ3n) is 4.66. The third-order valence-corrected chi connectivity index (χ3v) is 4.66. The lowest BCUT2D eigenvalue weighted by atomic mass is 9.92. The number of hydrogen-bond acceptors (Lipinski definition) is 3. The van der Waals surface area contributed by atoms with E-state index in [0.29, 0.717) is 11.4 Å². The molecule has 0 bridgehead atoms. The van der Waals surface area contributed by atoms with Crippen molar-refractivity contribution in [3.05, 3.63) is 60.2 Å². The van der Waals surface area contributed by atoms with E-state index in [-0.39, 0.29) is 18.4 Å². The average molecular weight is 339 g/mol. The summed E-state index contributed by atoms with van der Waals surface area (Å²) in [4.78, 5) is 12.5. The predicted molar refractivity (Wildman–Crippen MR) is 98.6 cm³/mol. The number of anilines is 1. The fourth-order valence-corrected chi connectivity index (χ4v) is 3.26. The normalized spacial score (nSPS) is 17.0. The van der Waals surface area contributed by atoms with Crippen molar-refractivity contribution in [2.24, 2.45) is 0 Å². The highest BCUT2D eigenvalue weighted by Gasteiger charge is 2.27. The summed E-state index contributed by atoms with van der Waals surface area (Å²) in [5, 5.41) is 13.5. The maximum atomic E-state index is 12.5. The van der Waals surface area contributed by atoms with Crippen LogP contribution in [0.2, 0.25) is 0 Å². The first-order chi connectivity index (χ1) is 12.0. The fourth-order valence-electron chi connectivity index (χ4n) is 3.26. The smallest absolute Gasteiger partial charge is 0.227 e. The van der Waals surface area contributed by atoms with Gasteiger partial charge in [0, 0.05) is 0 Å². The van der Waals surface area contributed by atoms with Gasteiger partial charge in [0.15, 0.2) is 0 Å². The molecular formula is C21H25NO3. The van der Waals surface area contributed by atoms with Gasteiger partial charge >= 0.3 is 0 Å².